The minimum atomic E-state index is -0.458. The number of benzene rings is 2. The van der Waals surface area contributed by atoms with E-state index in [1.807, 2.05) is 24.3 Å². The van der Waals surface area contributed by atoms with Gasteiger partial charge in [0.15, 0.2) is 0 Å². The first kappa shape index (κ1) is 19.1. The summed E-state index contributed by atoms with van der Waals surface area (Å²) in [6, 6.07) is 16.7. The van der Waals surface area contributed by atoms with Crippen molar-refractivity contribution in [1.82, 2.24) is 20.3 Å². The molecule has 2 aromatic carbocycles. The maximum Gasteiger partial charge on any atom is 0.414 e. The first-order valence-corrected chi connectivity index (χ1v) is 9.30. The van der Waals surface area contributed by atoms with E-state index in [1.54, 1.807) is 30.3 Å². The fourth-order valence-electron chi connectivity index (χ4n) is 3.19. The highest BCUT2D eigenvalue weighted by atomic mass is 16.6. The minimum Gasteiger partial charge on any atom is -0.442 e. The Bertz CT molecular complexity index is 1180. The Kier molecular flexibility index (Phi) is 5.13. The molecule has 0 bridgehead atoms. The number of rotatable bonds is 5. The van der Waals surface area contributed by atoms with Crippen molar-refractivity contribution in [2.75, 3.05) is 18.0 Å². The van der Waals surface area contributed by atoms with Crippen LogP contribution in [-0.2, 0) is 9.53 Å². The lowest BCUT2D eigenvalue weighted by molar-refractivity contribution is -0.119. The summed E-state index contributed by atoms with van der Waals surface area (Å²) >= 11 is 0. The lowest BCUT2D eigenvalue weighted by Gasteiger charge is -2.13. The summed E-state index contributed by atoms with van der Waals surface area (Å²) in [6.07, 6.45) is 0.847. The van der Waals surface area contributed by atoms with Crippen LogP contribution in [0.3, 0.4) is 0 Å². The first-order chi connectivity index (χ1) is 14.5. The number of nitriles is 1. The molecule has 1 aliphatic rings. The summed E-state index contributed by atoms with van der Waals surface area (Å²) in [6.45, 7) is 2.04. The second-order valence-corrected chi connectivity index (χ2v) is 6.78. The number of nitrogens with one attached hydrogen (secondary N) is 1. The number of hydrogen-bond donors (Lipinski definition) is 1. The van der Waals surface area contributed by atoms with Gasteiger partial charge in [-0.15, -0.1) is 5.10 Å². The van der Waals surface area contributed by atoms with Crippen LogP contribution >= 0.6 is 0 Å². The number of aromatic nitrogens is 3. The van der Waals surface area contributed by atoms with E-state index in [9.17, 15) is 14.9 Å². The highest BCUT2D eigenvalue weighted by molar-refractivity contribution is 5.90. The monoisotopic (exact) mass is 402 g/mol. The van der Waals surface area contributed by atoms with Gasteiger partial charge in [-0.05, 0) is 35.9 Å². The average Bonchev–Trinajstić information content (AvgIpc) is 3.34. The molecule has 4 rings (SSSR count). The third-order valence-corrected chi connectivity index (χ3v) is 4.66. The van der Waals surface area contributed by atoms with Crippen LogP contribution in [0.15, 0.2) is 48.5 Å². The highest BCUT2D eigenvalue weighted by Crippen LogP contribution is 2.23. The molecule has 1 aliphatic heterocycles. The summed E-state index contributed by atoms with van der Waals surface area (Å²) in [7, 11) is 0. The zero-order valence-corrected chi connectivity index (χ0v) is 16.1. The van der Waals surface area contributed by atoms with Crippen LogP contribution in [0.4, 0.5) is 10.5 Å². The van der Waals surface area contributed by atoms with Crippen molar-refractivity contribution in [1.29, 1.82) is 5.26 Å². The number of carbonyl (C=O) groups excluding carboxylic acids is 2. The molecule has 3 aromatic rings. The van der Waals surface area contributed by atoms with Crippen LogP contribution < -0.4 is 10.2 Å². The van der Waals surface area contributed by atoms with E-state index < -0.39 is 12.2 Å². The number of ether oxygens (including phenoxy) is 1. The Morgan fingerprint density at radius 2 is 2.07 bits per heavy atom. The molecular weight excluding hydrogens is 384 g/mol. The van der Waals surface area contributed by atoms with Crippen molar-refractivity contribution >= 4 is 40.5 Å². The Morgan fingerprint density at radius 3 is 2.80 bits per heavy atom. The molecule has 2 amide bonds. The van der Waals surface area contributed by atoms with Gasteiger partial charge in [-0.25, -0.2) is 9.48 Å². The summed E-state index contributed by atoms with van der Waals surface area (Å²) in [5, 5.41) is 20.4. The van der Waals surface area contributed by atoms with Crippen LogP contribution in [0.5, 0.6) is 0 Å². The summed E-state index contributed by atoms with van der Waals surface area (Å²) in [5.41, 5.74) is 3.22. The summed E-state index contributed by atoms with van der Waals surface area (Å²) in [4.78, 5) is 24.7. The number of allylic oxidation sites excluding steroid dienone is 1. The number of amides is 2. The predicted octanol–water partition coefficient (Wildman–Crippen LogP) is 2.41. The Hall–Kier alpha value is -4.19. The zero-order valence-electron chi connectivity index (χ0n) is 16.1. The maximum atomic E-state index is 12.1. The normalized spacial score (nSPS) is 16.4. The number of hydrogen-bond acceptors (Lipinski definition) is 6. The van der Waals surface area contributed by atoms with Crippen molar-refractivity contribution in [2.24, 2.45) is 0 Å². The van der Waals surface area contributed by atoms with Crippen molar-refractivity contribution < 1.29 is 14.3 Å². The van der Waals surface area contributed by atoms with Gasteiger partial charge in [-0.2, -0.15) is 5.26 Å². The fraction of sp³-hybridized carbons (Fsp3) is 0.190. The molecular formula is C21H18N6O3. The van der Waals surface area contributed by atoms with E-state index in [4.69, 9.17) is 4.74 Å². The smallest absolute Gasteiger partial charge is 0.414 e. The molecule has 1 N–H and O–H groups in total. The SMILES string of the molecule is CC(=O)NC[C@H]1CN(c2ccc(/C=C(\C#N)n3nnc4ccccc43)cc2)C(=O)O1. The van der Waals surface area contributed by atoms with Crippen molar-refractivity contribution in [3.63, 3.8) is 0 Å². The molecule has 30 heavy (non-hydrogen) atoms. The predicted molar refractivity (Wildman–Crippen MR) is 110 cm³/mol. The third kappa shape index (κ3) is 3.84. The lowest BCUT2D eigenvalue weighted by Crippen LogP contribution is -2.33. The Labute approximate surface area is 172 Å². The topological polar surface area (TPSA) is 113 Å². The molecule has 0 radical (unpaired) electrons. The van der Waals surface area contributed by atoms with Crippen LogP contribution in [0, 0.1) is 11.3 Å². The maximum absolute atomic E-state index is 12.1. The summed E-state index contributed by atoms with van der Waals surface area (Å²) in [5.74, 6) is -0.172. The molecule has 0 aliphatic carbocycles. The molecule has 0 spiro atoms. The van der Waals surface area contributed by atoms with E-state index >= 15 is 0 Å². The van der Waals surface area contributed by atoms with Crippen LogP contribution in [0.1, 0.15) is 12.5 Å². The van der Waals surface area contributed by atoms with Crippen molar-refractivity contribution in [3.05, 3.63) is 54.1 Å². The molecule has 1 fully saturated rings. The molecule has 0 unspecified atom stereocenters. The van der Waals surface area contributed by atoms with Gasteiger partial charge in [0.05, 0.1) is 18.6 Å². The van der Waals surface area contributed by atoms with Gasteiger partial charge in [0.25, 0.3) is 0 Å². The van der Waals surface area contributed by atoms with E-state index in [0.29, 0.717) is 23.4 Å². The van der Waals surface area contributed by atoms with Crippen LogP contribution in [0.2, 0.25) is 0 Å². The van der Waals surface area contributed by atoms with Gasteiger partial charge < -0.3 is 10.1 Å². The number of carbonyl (C=O) groups is 2. The van der Waals surface area contributed by atoms with E-state index in [-0.39, 0.29) is 12.5 Å². The van der Waals surface area contributed by atoms with Crippen molar-refractivity contribution in [2.45, 2.75) is 13.0 Å². The van der Waals surface area contributed by atoms with Crippen molar-refractivity contribution in [3.8, 4) is 6.07 Å². The first-order valence-electron chi connectivity index (χ1n) is 9.30. The molecule has 2 heterocycles. The Balaban J connectivity index is 1.52. The number of nitrogens with zero attached hydrogens (tertiary/aromatic N) is 5. The van der Waals surface area contributed by atoms with Gasteiger partial charge >= 0.3 is 6.09 Å². The molecule has 0 saturated carbocycles. The number of fused-ring (bicyclic) bond motifs is 1. The second kappa shape index (κ2) is 8.05. The van der Waals surface area contributed by atoms with E-state index in [1.165, 1.54) is 16.5 Å². The number of cyclic esters (lactones) is 1. The minimum absolute atomic E-state index is 0.172. The third-order valence-electron chi connectivity index (χ3n) is 4.66. The van der Waals surface area contributed by atoms with Gasteiger partial charge in [-0.3, -0.25) is 9.69 Å². The Morgan fingerprint density at radius 1 is 1.30 bits per heavy atom. The molecule has 1 atom stereocenters. The average molecular weight is 402 g/mol. The number of para-hydroxylation sites is 1. The van der Waals surface area contributed by atoms with Gasteiger partial charge in [0.2, 0.25) is 5.91 Å². The molecule has 9 nitrogen and oxygen atoms in total. The van der Waals surface area contributed by atoms with Gasteiger partial charge in [-0.1, -0.05) is 29.5 Å². The molecule has 150 valence electrons. The fourth-order valence-corrected chi connectivity index (χ4v) is 3.19. The molecule has 1 aromatic heterocycles. The van der Waals surface area contributed by atoms with Crippen LogP contribution in [-0.4, -0.2) is 46.2 Å². The molecule has 9 heteroatoms. The second-order valence-electron chi connectivity index (χ2n) is 6.78. The standard InChI is InChI=1S/C21H18N6O3/c1-14(28)23-12-18-13-26(21(29)30-18)16-8-6-15(7-9-16)10-17(11-22)27-20-5-3-2-4-19(20)24-25-27/h2-10,18H,12-13H2,1H3,(H,23,28)/b17-10+/t18-/m0/s1. The number of anilines is 1. The van der Waals surface area contributed by atoms with Gasteiger partial charge in [0.1, 0.15) is 23.4 Å². The highest BCUT2D eigenvalue weighted by Gasteiger charge is 2.32. The quantitative estimate of drug-likeness (QED) is 0.656. The van der Waals surface area contributed by atoms with E-state index in [2.05, 4.69) is 21.7 Å². The van der Waals surface area contributed by atoms with Gasteiger partial charge in [0, 0.05) is 12.6 Å². The van der Waals surface area contributed by atoms with Crippen LogP contribution in [0.25, 0.3) is 22.8 Å². The van der Waals surface area contributed by atoms with E-state index in [0.717, 1.165) is 11.1 Å². The lowest BCUT2D eigenvalue weighted by atomic mass is 10.1. The summed E-state index contributed by atoms with van der Waals surface area (Å²) < 4.78 is 6.77. The zero-order chi connectivity index (χ0) is 21.1. The largest absolute Gasteiger partial charge is 0.442 e. The molecule has 1 saturated heterocycles.